The Morgan fingerprint density at radius 1 is 0.895 bits per heavy atom. The van der Waals surface area contributed by atoms with Gasteiger partial charge in [0, 0.05) is 25.2 Å². The van der Waals surface area contributed by atoms with E-state index < -0.39 is 10.0 Å². The maximum Gasteiger partial charge on any atom is 0.214 e. The third-order valence-electron chi connectivity index (χ3n) is 5.13. The molecule has 0 unspecified atom stereocenters. The van der Waals surface area contributed by atoms with E-state index in [1.165, 1.54) is 32.1 Å². The molecule has 4 nitrogen and oxygen atoms in total. The quantitative estimate of drug-likeness (QED) is 0.774. The van der Waals surface area contributed by atoms with Gasteiger partial charge in [0.25, 0.3) is 0 Å². The first-order valence-corrected chi connectivity index (χ1v) is 9.51. The molecule has 0 aliphatic carbocycles. The number of nitrogens with zero attached hydrogens (tertiary/aromatic N) is 2. The summed E-state index contributed by atoms with van der Waals surface area (Å²) in [4.78, 5) is 2.58. The van der Waals surface area contributed by atoms with Gasteiger partial charge in [-0.2, -0.15) is 0 Å². The SMILES string of the molecule is O=S(=O)(CCCN1C2CCC1CC2)N1CCCCC1. The van der Waals surface area contributed by atoms with Gasteiger partial charge in [0.2, 0.25) is 10.0 Å². The molecule has 0 amide bonds. The van der Waals surface area contributed by atoms with Crippen molar-refractivity contribution >= 4 is 10.0 Å². The van der Waals surface area contributed by atoms with E-state index in [-0.39, 0.29) is 0 Å². The van der Waals surface area contributed by atoms with Crippen LogP contribution in [-0.2, 0) is 10.0 Å². The zero-order chi connectivity index (χ0) is 13.3. The molecule has 0 aromatic carbocycles. The fourth-order valence-corrected chi connectivity index (χ4v) is 5.65. The molecule has 0 spiro atoms. The minimum atomic E-state index is -2.98. The van der Waals surface area contributed by atoms with E-state index in [9.17, 15) is 8.42 Å². The van der Waals surface area contributed by atoms with Crippen LogP contribution in [0.4, 0.5) is 0 Å². The van der Waals surface area contributed by atoms with Crippen molar-refractivity contribution in [2.75, 3.05) is 25.4 Å². The lowest BCUT2D eigenvalue weighted by Crippen LogP contribution is -2.38. The summed E-state index contributed by atoms with van der Waals surface area (Å²) >= 11 is 0. The Morgan fingerprint density at radius 3 is 2.05 bits per heavy atom. The van der Waals surface area contributed by atoms with Gasteiger partial charge in [0.1, 0.15) is 0 Å². The molecule has 3 saturated heterocycles. The second-order valence-electron chi connectivity index (χ2n) is 6.33. The van der Waals surface area contributed by atoms with Crippen LogP contribution in [0.5, 0.6) is 0 Å². The standard InChI is InChI=1S/C14H26N2O2S/c17-19(18,15-9-2-1-3-10-15)12-4-11-16-13-5-6-14(16)8-7-13/h13-14H,1-12H2. The highest BCUT2D eigenvalue weighted by Gasteiger charge is 2.38. The molecule has 3 fully saturated rings. The molecule has 2 bridgehead atoms. The van der Waals surface area contributed by atoms with Crippen LogP contribution in [-0.4, -0.2) is 55.1 Å². The molecular weight excluding hydrogens is 260 g/mol. The van der Waals surface area contributed by atoms with Crippen LogP contribution in [0.25, 0.3) is 0 Å². The predicted molar refractivity (Wildman–Crippen MR) is 76.6 cm³/mol. The topological polar surface area (TPSA) is 40.6 Å². The molecule has 3 aliphatic heterocycles. The Morgan fingerprint density at radius 2 is 1.47 bits per heavy atom. The average Bonchev–Trinajstić information content (AvgIpc) is 2.99. The molecule has 110 valence electrons. The van der Waals surface area contributed by atoms with Gasteiger partial charge in [-0.1, -0.05) is 6.42 Å². The summed E-state index contributed by atoms with van der Waals surface area (Å²) in [6, 6.07) is 1.53. The lowest BCUT2D eigenvalue weighted by Gasteiger charge is -2.27. The lowest BCUT2D eigenvalue weighted by atomic mass is 10.0. The lowest BCUT2D eigenvalue weighted by molar-refractivity contribution is 0.253. The highest BCUT2D eigenvalue weighted by atomic mass is 32.2. The highest BCUT2D eigenvalue weighted by molar-refractivity contribution is 7.89. The van der Waals surface area contributed by atoms with E-state index in [0.717, 1.165) is 51.0 Å². The van der Waals surface area contributed by atoms with Crippen molar-refractivity contribution in [2.24, 2.45) is 0 Å². The van der Waals surface area contributed by atoms with Crippen LogP contribution in [0.2, 0.25) is 0 Å². The predicted octanol–water partition coefficient (Wildman–Crippen LogP) is 1.82. The van der Waals surface area contributed by atoms with Gasteiger partial charge in [-0.05, 0) is 51.5 Å². The summed E-state index contributed by atoms with van der Waals surface area (Å²) in [5.74, 6) is 0.350. The molecule has 0 saturated carbocycles. The van der Waals surface area contributed by atoms with Crippen LogP contribution in [0.1, 0.15) is 51.4 Å². The van der Waals surface area contributed by atoms with Gasteiger partial charge < -0.3 is 0 Å². The molecule has 3 rings (SSSR count). The molecular formula is C14H26N2O2S. The van der Waals surface area contributed by atoms with Crippen molar-refractivity contribution in [1.29, 1.82) is 0 Å². The molecule has 0 atom stereocenters. The number of rotatable bonds is 5. The molecule has 0 aromatic heterocycles. The van der Waals surface area contributed by atoms with E-state index in [4.69, 9.17) is 0 Å². The summed E-state index contributed by atoms with van der Waals surface area (Å²) < 4.78 is 26.2. The number of sulfonamides is 1. The Hall–Kier alpha value is -0.130. The van der Waals surface area contributed by atoms with Crippen molar-refractivity contribution in [2.45, 2.75) is 63.5 Å². The second-order valence-corrected chi connectivity index (χ2v) is 8.42. The maximum atomic E-state index is 12.2. The molecule has 0 radical (unpaired) electrons. The van der Waals surface area contributed by atoms with Crippen LogP contribution in [0.15, 0.2) is 0 Å². The second kappa shape index (κ2) is 5.70. The largest absolute Gasteiger partial charge is 0.297 e. The van der Waals surface area contributed by atoms with Crippen molar-refractivity contribution < 1.29 is 8.42 Å². The first kappa shape index (κ1) is 13.8. The van der Waals surface area contributed by atoms with Crippen LogP contribution in [0.3, 0.4) is 0 Å². The summed E-state index contributed by atoms with van der Waals surface area (Å²) in [6.45, 7) is 2.48. The Labute approximate surface area is 117 Å². The molecule has 3 aliphatic rings. The minimum Gasteiger partial charge on any atom is -0.297 e. The maximum absolute atomic E-state index is 12.2. The van der Waals surface area contributed by atoms with Gasteiger partial charge >= 0.3 is 0 Å². The molecule has 0 N–H and O–H groups in total. The van der Waals surface area contributed by atoms with Gasteiger partial charge in [0.15, 0.2) is 0 Å². The van der Waals surface area contributed by atoms with Crippen LogP contribution >= 0.6 is 0 Å². The molecule has 19 heavy (non-hydrogen) atoms. The van der Waals surface area contributed by atoms with E-state index in [1.807, 2.05) is 0 Å². The van der Waals surface area contributed by atoms with E-state index >= 15 is 0 Å². The van der Waals surface area contributed by atoms with Crippen molar-refractivity contribution in [1.82, 2.24) is 9.21 Å². The minimum absolute atomic E-state index is 0.350. The monoisotopic (exact) mass is 286 g/mol. The molecule has 3 heterocycles. The normalized spacial score (nSPS) is 33.1. The first-order chi connectivity index (χ1) is 9.17. The number of hydrogen-bond donors (Lipinski definition) is 0. The summed E-state index contributed by atoms with van der Waals surface area (Å²) in [5, 5.41) is 0. The Bertz CT molecular complexity index is 384. The van der Waals surface area contributed by atoms with E-state index in [2.05, 4.69) is 4.90 Å². The molecule has 0 aromatic rings. The third-order valence-corrected chi connectivity index (χ3v) is 7.09. The fraction of sp³-hybridized carbons (Fsp3) is 1.00. The van der Waals surface area contributed by atoms with E-state index in [1.54, 1.807) is 4.31 Å². The fourth-order valence-electron chi connectivity index (χ4n) is 4.09. The highest BCUT2D eigenvalue weighted by Crippen LogP contribution is 2.37. The van der Waals surface area contributed by atoms with Crippen molar-refractivity contribution in [3.05, 3.63) is 0 Å². The van der Waals surface area contributed by atoms with Gasteiger partial charge in [-0.3, -0.25) is 4.90 Å². The Balaban J connectivity index is 1.46. The average molecular weight is 286 g/mol. The zero-order valence-electron chi connectivity index (χ0n) is 11.8. The van der Waals surface area contributed by atoms with Gasteiger partial charge in [-0.25, -0.2) is 12.7 Å². The summed E-state index contributed by atoms with van der Waals surface area (Å²) in [6.07, 6.45) is 9.42. The summed E-state index contributed by atoms with van der Waals surface area (Å²) in [5.41, 5.74) is 0. The van der Waals surface area contributed by atoms with Gasteiger partial charge in [-0.15, -0.1) is 0 Å². The smallest absolute Gasteiger partial charge is 0.214 e. The van der Waals surface area contributed by atoms with Crippen LogP contribution < -0.4 is 0 Å². The number of hydrogen-bond acceptors (Lipinski definition) is 3. The van der Waals surface area contributed by atoms with Crippen molar-refractivity contribution in [3.63, 3.8) is 0 Å². The van der Waals surface area contributed by atoms with Gasteiger partial charge in [0.05, 0.1) is 5.75 Å². The van der Waals surface area contributed by atoms with Crippen LogP contribution in [0, 0.1) is 0 Å². The third kappa shape index (κ3) is 2.98. The number of piperidine rings is 1. The number of fused-ring (bicyclic) bond motifs is 2. The van der Waals surface area contributed by atoms with E-state index in [0.29, 0.717) is 5.75 Å². The first-order valence-electron chi connectivity index (χ1n) is 7.90. The van der Waals surface area contributed by atoms with Crippen molar-refractivity contribution in [3.8, 4) is 0 Å². The zero-order valence-corrected chi connectivity index (χ0v) is 12.6. The molecule has 5 heteroatoms. The summed E-state index contributed by atoms with van der Waals surface area (Å²) in [7, 11) is -2.98. The Kier molecular flexibility index (Phi) is 4.15.